The minimum atomic E-state index is 0.0893. The predicted octanol–water partition coefficient (Wildman–Crippen LogP) is 0.750. The molecule has 2 nitrogen and oxygen atoms in total. The maximum absolute atomic E-state index is 4.54. The first-order valence-electron chi connectivity index (χ1n) is 4.04. The zero-order chi connectivity index (χ0) is 8.91. The van der Waals surface area contributed by atoms with E-state index >= 15 is 0 Å². The first kappa shape index (κ1) is 11.3. The second-order valence-electron chi connectivity index (χ2n) is 3.47. The molecule has 0 rings (SSSR count). The molecular weight excluding hydrogens is 156 g/mol. The van der Waals surface area contributed by atoms with Gasteiger partial charge >= 0.3 is 0 Å². The van der Waals surface area contributed by atoms with E-state index < -0.39 is 0 Å². The monoisotopic (exact) mass is 176 g/mol. The highest BCUT2D eigenvalue weighted by Gasteiger charge is 2.23. The van der Waals surface area contributed by atoms with E-state index in [2.05, 4.69) is 37.1 Å². The molecule has 0 aliphatic heterocycles. The zero-order valence-corrected chi connectivity index (χ0v) is 8.83. The Morgan fingerprint density at radius 2 is 1.55 bits per heavy atom. The van der Waals surface area contributed by atoms with Gasteiger partial charge < -0.3 is 10.6 Å². The van der Waals surface area contributed by atoms with Crippen molar-refractivity contribution in [3.8, 4) is 0 Å². The Kier molecular flexibility index (Phi) is 5.13. The van der Waals surface area contributed by atoms with Crippen molar-refractivity contribution < 1.29 is 0 Å². The van der Waals surface area contributed by atoms with Crippen LogP contribution in [-0.4, -0.2) is 31.9 Å². The van der Waals surface area contributed by atoms with Crippen molar-refractivity contribution in [3.63, 3.8) is 0 Å². The van der Waals surface area contributed by atoms with Crippen LogP contribution in [0.15, 0.2) is 0 Å². The van der Waals surface area contributed by atoms with E-state index in [1.54, 1.807) is 0 Å². The number of hydrogen-bond acceptors (Lipinski definition) is 3. The van der Waals surface area contributed by atoms with E-state index in [0.29, 0.717) is 5.92 Å². The van der Waals surface area contributed by atoms with Crippen molar-refractivity contribution in [1.82, 2.24) is 10.6 Å². The highest BCUT2D eigenvalue weighted by Crippen LogP contribution is 2.22. The summed E-state index contributed by atoms with van der Waals surface area (Å²) in [6, 6.07) is 0. The fraction of sp³-hybridized carbons (Fsp3) is 1.00. The molecule has 0 aliphatic rings. The third-order valence-corrected chi connectivity index (χ3v) is 2.27. The molecule has 0 fully saturated rings. The molecular formula is C8H20N2S. The lowest BCUT2D eigenvalue weighted by molar-refractivity contribution is 0.397. The van der Waals surface area contributed by atoms with Crippen LogP contribution in [0.1, 0.15) is 13.8 Å². The van der Waals surface area contributed by atoms with Crippen molar-refractivity contribution >= 4 is 12.6 Å². The number of thiol groups is 1. The van der Waals surface area contributed by atoms with Crippen LogP contribution < -0.4 is 10.6 Å². The van der Waals surface area contributed by atoms with Gasteiger partial charge in [0.05, 0.1) is 0 Å². The fourth-order valence-corrected chi connectivity index (χ4v) is 1.25. The Balaban J connectivity index is 3.88. The Bertz CT molecular complexity index is 92.8. The van der Waals surface area contributed by atoms with Gasteiger partial charge in [0.15, 0.2) is 0 Å². The molecule has 0 unspecified atom stereocenters. The van der Waals surface area contributed by atoms with Gasteiger partial charge in [-0.3, -0.25) is 0 Å². The minimum Gasteiger partial charge on any atom is -0.319 e. The summed E-state index contributed by atoms with van der Waals surface area (Å²) in [6.07, 6.45) is 0. The molecule has 11 heavy (non-hydrogen) atoms. The van der Waals surface area contributed by atoms with Crippen LogP contribution in [0.3, 0.4) is 0 Å². The van der Waals surface area contributed by atoms with E-state index in [1.807, 2.05) is 14.1 Å². The van der Waals surface area contributed by atoms with Crippen LogP contribution >= 0.6 is 12.6 Å². The zero-order valence-electron chi connectivity index (χ0n) is 7.94. The molecule has 0 saturated heterocycles. The molecule has 0 saturated carbocycles. The van der Waals surface area contributed by atoms with Gasteiger partial charge in [0.1, 0.15) is 0 Å². The fourth-order valence-electron chi connectivity index (χ4n) is 1.06. The van der Waals surface area contributed by atoms with E-state index in [-0.39, 0.29) is 4.75 Å². The Labute approximate surface area is 75.5 Å². The minimum absolute atomic E-state index is 0.0893. The quantitative estimate of drug-likeness (QED) is 0.539. The van der Waals surface area contributed by atoms with Crippen LogP contribution in [0, 0.1) is 5.92 Å². The average Bonchev–Trinajstić information content (AvgIpc) is 1.85. The van der Waals surface area contributed by atoms with Crippen molar-refractivity contribution in [2.75, 3.05) is 27.2 Å². The van der Waals surface area contributed by atoms with Gasteiger partial charge in [-0.2, -0.15) is 12.6 Å². The van der Waals surface area contributed by atoms with Gasteiger partial charge in [0, 0.05) is 17.8 Å². The summed E-state index contributed by atoms with van der Waals surface area (Å²) in [4.78, 5) is 0. The summed E-state index contributed by atoms with van der Waals surface area (Å²) in [7, 11) is 3.95. The molecule has 0 aromatic rings. The summed E-state index contributed by atoms with van der Waals surface area (Å²) in [5.74, 6) is 0.570. The van der Waals surface area contributed by atoms with E-state index in [1.165, 1.54) is 0 Å². The lowest BCUT2D eigenvalue weighted by Gasteiger charge is -2.29. The van der Waals surface area contributed by atoms with E-state index in [9.17, 15) is 0 Å². The Morgan fingerprint density at radius 1 is 1.18 bits per heavy atom. The molecule has 0 aromatic heterocycles. The smallest absolute Gasteiger partial charge is 0.0126 e. The summed E-state index contributed by atoms with van der Waals surface area (Å²) in [6.45, 7) is 6.32. The molecule has 0 atom stereocenters. The van der Waals surface area contributed by atoms with Gasteiger partial charge in [0.2, 0.25) is 0 Å². The second-order valence-corrected chi connectivity index (χ2v) is 4.62. The highest BCUT2D eigenvalue weighted by molar-refractivity contribution is 7.81. The largest absolute Gasteiger partial charge is 0.319 e. The SMILES string of the molecule is CNCC(CNC)C(C)(C)S. The lowest BCUT2D eigenvalue weighted by Crippen LogP contribution is -2.39. The molecule has 3 heteroatoms. The van der Waals surface area contributed by atoms with Crippen LogP contribution in [0.4, 0.5) is 0 Å². The summed E-state index contributed by atoms with van der Waals surface area (Å²) in [5.41, 5.74) is 0. The molecule has 68 valence electrons. The maximum atomic E-state index is 4.54. The van der Waals surface area contributed by atoms with Crippen molar-refractivity contribution in [3.05, 3.63) is 0 Å². The first-order chi connectivity index (χ1) is 5.02. The molecule has 0 bridgehead atoms. The molecule has 0 heterocycles. The van der Waals surface area contributed by atoms with Crippen LogP contribution in [0.5, 0.6) is 0 Å². The second kappa shape index (κ2) is 5.01. The normalized spacial score (nSPS) is 12.5. The topological polar surface area (TPSA) is 24.1 Å². The first-order valence-corrected chi connectivity index (χ1v) is 4.48. The predicted molar refractivity (Wildman–Crippen MR) is 54.4 cm³/mol. The van der Waals surface area contributed by atoms with Crippen LogP contribution in [0.2, 0.25) is 0 Å². The van der Waals surface area contributed by atoms with Gasteiger partial charge in [-0.15, -0.1) is 0 Å². The number of rotatable bonds is 5. The van der Waals surface area contributed by atoms with Crippen molar-refractivity contribution in [2.24, 2.45) is 5.92 Å². The third kappa shape index (κ3) is 4.67. The summed E-state index contributed by atoms with van der Waals surface area (Å²) >= 11 is 4.54. The standard InChI is InChI=1S/C8H20N2S/c1-8(2,11)7(5-9-3)6-10-4/h7,9-11H,5-6H2,1-4H3. The van der Waals surface area contributed by atoms with Gasteiger partial charge in [-0.05, 0) is 20.0 Å². The molecule has 0 aromatic carbocycles. The Morgan fingerprint density at radius 3 is 1.73 bits per heavy atom. The molecule has 0 spiro atoms. The van der Waals surface area contributed by atoms with Crippen molar-refractivity contribution in [1.29, 1.82) is 0 Å². The summed E-state index contributed by atoms with van der Waals surface area (Å²) in [5, 5.41) is 6.34. The van der Waals surface area contributed by atoms with E-state index in [4.69, 9.17) is 0 Å². The van der Waals surface area contributed by atoms with Gasteiger partial charge in [0.25, 0.3) is 0 Å². The highest BCUT2D eigenvalue weighted by atomic mass is 32.1. The lowest BCUT2D eigenvalue weighted by atomic mass is 9.94. The molecule has 2 N–H and O–H groups in total. The average molecular weight is 176 g/mol. The molecule has 0 aliphatic carbocycles. The Hall–Kier alpha value is 0.270. The van der Waals surface area contributed by atoms with Crippen LogP contribution in [0.25, 0.3) is 0 Å². The maximum Gasteiger partial charge on any atom is 0.0126 e. The van der Waals surface area contributed by atoms with Crippen LogP contribution in [-0.2, 0) is 0 Å². The summed E-state index contributed by atoms with van der Waals surface area (Å²) < 4.78 is 0.0893. The van der Waals surface area contributed by atoms with Gasteiger partial charge in [-0.25, -0.2) is 0 Å². The van der Waals surface area contributed by atoms with E-state index in [0.717, 1.165) is 13.1 Å². The third-order valence-electron chi connectivity index (χ3n) is 1.90. The molecule has 0 amide bonds. The molecule has 0 radical (unpaired) electrons. The van der Waals surface area contributed by atoms with Gasteiger partial charge in [-0.1, -0.05) is 13.8 Å². The number of hydrogen-bond donors (Lipinski definition) is 3. The van der Waals surface area contributed by atoms with Crippen molar-refractivity contribution in [2.45, 2.75) is 18.6 Å². The number of nitrogens with one attached hydrogen (secondary N) is 2.